The minimum atomic E-state index is -0.361. The van der Waals surface area contributed by atoms with Gasteiger partial charge in [-0.25, -0.2) is 9.36 Å². The molecule has 36 heavy (non-hydrogen) atoms. The van der Waals surface area contributed by atoms with Crippen molar-refractivity contribution in [2.75, 3.05) is 5.32 Å². The van der Waals surface area contributed by atoms with Gasteiger partial charge in [0.05, 0.1) is 17.9 Å². The zero-order chi connectivity index (χ0) is 24.9. The monoisotopic (exact) mass is 475 g/mol. The number of nitrogens with zero attached hydrogens (tertiary/aromatic N) is 4. The van der Waals surface area contributed by atoms with E-state index in [9.17, 15) is 9.59 Å². The molecule has 0 spiro atoms. The zero-order valence-corrected chi connectivity index (χ0v) is 19.8. The maximum Gasteiger partial charge on any atom is 0.267 e. The average molecular weight is 476 g/mol. The summed E-state index contributed by atoms with van der Waals surface area (Å²) in [6.07, 6.45) is 0. The SMILES string of the molecule is Cc1cccc(-c2cc(NC(=O)Cn3nc(-c4ccccc4)ccc3=O)n(Cc3ccccc3)n2)c1. The summed E-state index contributed by atoms with van der Waals surface area (Å²) in [6.45, 7) is 2.31. The Morgan fingerprint density at radius 2 is 1.44 bits per heavy atom. The number of amides is 1. The maximum absolute atomic E-state index is 13.0. The van der Waals surface area contributed by atoms with E-state index in [2.05, 4.69) is 16.5 Å². The van der Waals surface area contributed by atoms with Gasteiger partial charge in [0.25, 0.3) is 5.56 Å². The van der Waals surface area contributed by atoms with E-state index >= 15 is 0 Å². The molecule has 2 heterocycles. The van der Waals surface area contributed by atoms with Gasteiger partial charge in [-0.2, -0.15) is 10.2 Å². The molecular formula is C29H25N5O2. The molecule has 0 radical (unpaired) electrons. The lowest BCUT2D eigenvalue weighted by Crippen LogP contribution is -2.30. The van der Waals surface area contributed by atoms with Gasteiger partial charge < -0.3 is 5.32 Å². The van der Waals surface area contributed by atoms with Crippen molar-refractivity contribution in [3.8, 4) is 22.5 Å². The van der Waals surface area contributed by atoms with Crippen LogP contribution in [0.2, 0.25) is 0 Å². The average Bonchev–Trinajstić information content (AvgIpc) is 3.28. The molecule has 5 aromatic rings. The summed E-state index contributed by atoms with van der Waals surface area (Å²) < 4.78 is 2.94. The van der Waals surface area contributed by atoms with Gasteiger partial charge in [-0.1, -0.05) is 84.4 Å². The molecule has 0 aliphatic rings. The predicted molar refractivity (Wildman–Crippen MR) is 141 cm³/mol. The first-order valence-corrected chi connectivity index (χ1v) is 11.7. The molecule has 0 saturated heterocycles. The minimum absolute atomic E-state index is 0.212. The van der Waals surface area contributed by atoms with Crippen LogP contribution >= 0.6 is 0 Å². The Kier molecular flexibility index (Phi) is 6.53. The van der Waals surface area contributed by atoms with Crippen molar-refractivity contribution in [2.45, 2.75) is 20.0 Å². The number of anilines is 1. The summed E-state index contributed by atoms with van der Waals surface area (Å²) in [5, 5.41) is 12.1. The number of hydrogen-bond donors (Lipinski definition) is 1. The highest BCUT2D eigenvalue weighted by Crippen LogP contribution is 2.24. The molecule has 2 aromatic heterocycles. The summed E-state index contributed by atoms with van der Waals surface area (Å²) in [5.74, 6) is 0.187. The van der Waals surface area contributed by atoms with Crippen molar-refractivity contribution in [1.29, 1.82) is 0 Å². The summed E-state index contributed by atoms with van der Waals surface area (Å²) in [6, 6.07) is 32.5. The molecule has 7 nitrogen and oxygen atoms in total. The number of benzene rings is 3. The van der Waals surface area contributed by atoms with Crippen LogP contribution < -0.4 is 10.9 Å². The molecule has 0 atom stereocenters. The van der Waals surface area contributed by atoms with Gasteiger partial charge in [-0.3, -0.25) is 9.59 Å². The Morgan fingerprint density at radius 3 is 2.19 bits per heavy atom. The molecule has 0 unspecified atom stereocenters. The molecule has 0 aliphatic heterocycles. The fourth-order valence-electron chi connectivity index (χ4n) is 3.98. The number of carbonyl (C=O) groups is 1. The topological polar surface area (TPSA) is 81.8 Å². The molecule has 5 rings (SSSR count). The van der Waals surface area contributed by atoms with E-state index in [0.29, 0.717) is 18.1 Å². The summed E-state index contributed by atoms with van der Waals surface area (Å²) in [4.78, 5) is 25.5. The highest BCUT2D eigenvalue weighted by Gasteiger charge is 2.15. The third-order valence-electron chi connectivity index (χ3n) is 5.77. The van der Waals surface area contributed by atoms with Crippen LogP contribution in [-0.2, 0) is 17.9 Å². The largest absolute Gasteiger partial charge is 0.309 e. The van der Waals surface area contributed by atoms with E-state index in [-0.39, 0.29) is 18.0 Å². The number of hydrogen-bond acceptors (Lipinski definition) is 4. The van der Waals surface area contributed by atoms with E-state index in [1.807, 2.05) is 91.9 Å². The van der Waals surface area contributed by atoms with Gasteiger partial charge in [0.2, 0.25) is 5.91 Å². The van der Waals surface area contributed by atoms with Crippen molar-refractivity contribution in [1.82, 2.24) is 19.6 Å². The third-order valence-corrected chi connectivity index (χ3v) is 5.77. The Morgan fingerprint density at radius 1 is 0.750 bits per heavy atom. The zero-order valence-electron chi connectivity index (χ0n) is 19.8. The highest BCUT2D eigenvalue weighted by atomic mass is 16.2. The number of nitrogens with one attached hydrogen (secondary N) is 1. The lowest BCUT2D eigenvalue weighted by Gasteiger charge is -2.10. The lowest BCUT2D eigenvalue weighted by atomic mass is 10.1. The van der Waals surface area contributed by atoms with E-state index < -0.39 is 0 Å². The summed E-state index contributed by atoms with van der Waals surface area (Å²) >= 11 is 0. The Bertz CT molecular complexity index is 1560. The van der Waals surface area contributed by atoms with Gasteiger partial charge >= 0.3 is 0 Å². The molecular weight excluding hydrogens is 450 g/mol. The molecule has 1 N–H and O–H groups in total. The molecule has 1 amide bonds. The van der Waals surface area contributed by atoms with Crippen LogP contribution in [0, 0.1) is 6.92 Å². The van der Waals surface area contributed by atoms with Gasteiger partial charge in [0, 0.05) is 23.3 Å². The van der Waals surface area contributed by atoms with Gasteiger partial charge in [-0.15, -0.1) is 0 Å². The van der Waals surface area contributed by atoms with Crippen molar-refractivity contribution in [3.63, 3.8) is 0 Å². The van der Waals surface area contributed by atoms with Crippen molar-refractivity contribution < 1.29 is 4.79 Å². The second-order valence-electron chi connectivity index (χ2n) is 8.56. The Balaban J connectivity index is 1.42. The van der Waals surface area contributed by atoms with E-state index in [4.69, 9.17) is 5.10 Å². The van der Waals surface area contributed by atoms with Gasteiger partial charge in [-0.05, 0) is 24.6 Å². The van der Waals surface area contributed by atoms with Crippen LogP contribution in [0.15, 0.2) is 108 Å². The second-order valence-corrected chi connectivity index (χ2v) is 8.56. The van der Waals surface area contributed by atoms with Crippen LogP contribution in [0.4, 0.5) is 5.82 Å². The van der Waals surface area contributed by atoms with Crippen LogP contribution in [-0.4, -0.2) is 25.5 Å². The molecule has 0 bridgehead atoms. The van der Waals surface area contributed by atoms with E-state index in [0.717, 1.165) is 27.9 Å². The maximum atomic E-state index is 13.0. The Labute approximate surface area is 208 Å². The molecule has 178 valence electrons. The van der Waals surface area contributed by atoms with Crippen molar-refractivity contribution in [3.05, 3.63) is 125 Å². The first-order valence-electron chi connectivity index (χ1n) is 11.7. The lowest BCUT2D eigenvalue weighted by molar-refractivity contribution is -0.117. The van der Waals surface area contributed by atoms with E-state index in [1.165, 1.54) is 10.7 Å². The predicted octanol–water partition coefficient (Wildman–Crippen LogP) is 4.77. The first kappa shape index (κ1) is 23.0. The van der Waals surface area contributed by atoms with Gasteiger partial charge in [0.15, 0.2) is 0 Å². The molecule has 0 saturated carbocycles. The number of aryl methyl sites for hydroxylation is 1. The summed E-state index contributed by atoms with van der Waals surface area (Å²) in [5.41, 5.74) is 5.05. The quantitative estimate of drug-likeness (QED) is 0.368. The minimum Gasteiger partial charge on any atom is -0.309 e. The number of rotatable bonds is 7. The first-order chi connectivity index (χ1) is 17.5. The smallest absolute Gasteiger partial charge is 0.267 e. The molecule has 0 aliphatic carbocycles. The number of aromatic nitrogens is 4. The Hall–Kier alpha value is -4.78. The normalized spacial score (nSPS) is 10.8. The van der Waals surface area contributed by atoms with Crippen LogP contribution in [0.3, 0.4) is 0 Å². The second kappa shape index (κ2) is 10.2. The third kappa shape index (κ3) is 5.31. The van der Waals surface area contributed by atoms with Crippen molar-refractivity contribution in [2.24, 2.45) is 0 Å². The van der Waals surface area contributed by atoms with Crippen molar-refractivity contribution >= 4 is 11.7 Å². The number of carbonyl (C=O) groups excluding carboxylic acids is 1. The fraction of sp³-hybridized carbons (Fsp3) is 0.103. The van der Waals surface area contributed by atoms with Gasteiger partial charge in [0.1, 0.15) is 12.4 Å². The van der Waals surface area contributed by atoms with Crippen LogP contribution in [0.1, 0.15) is 11.1 Å². The standard InChI is InChI=1S/C29H25N5O2/c1-21-9-8-14-24(17-21)26-18-27(33(32-26)19-22-10-4-2-5-11-22)30-28(35)20-34-29(36)16-15-25(31-34)23-12-6-3-7-13-23/h2-18H,19-20H2,1H3,(H,30,35). The molecule has 7 heteroatoms. The summed E-state index contributed by atoms with van der Waals surface area (Å²) in [7, 11) is 0. The van der Waals surface area contributed by atoms with Crippen LogP contribution in [0.5, 0.6) is 0 Å². The fourth-order valence-corrected chi connectivity index (χ4v) is 3.98. The highest BCUT2D eigenvalue weighted by molar-refractivity contribution is 5.90. The molecule has 3 aromatic carbocycles. The molecule has 0 fully saturated rings. The van der Waals surface area contributed by atoms with Crippen LogP contribution in [0.25, 0.3) is 22.5 Å². The van der Waals surface area contributed by atoms with E-state index in [1.54, 1.807) is 10.7 Å².